The maximum Gasteiger partial charge on any atom is 0.176 e. The first-order valence-electron chi connectivity index (χ1n) is 4.52. The van der Waals surface area contributed by atoms with Crippen LogP contribution in [0.3, 0.4) is 0 Å². The molecule has 0 radical (unpaired) electrons. The van der Waals surface area contributed by atoms with E-state index < -0.39 is 0 Å². The zero-order chi connectivity index (χ0) is 9.42. The lowest BCUT2D eigenvalue weighted by Gasteiger charge is -1.93. The van der Waals surface area contributed by atoms with Crippen molar-refractivity contribution in [2.24, 2.45) is 11.8 Å². The minimum Gasteiger partial charge on any atom is -0.293 e. The van der Waals surface area contributed by atoms with Crippen LogP contribution < -0.4 is 0 Å². The lowest BCUT2D eigenvalue weighted by Crippen LogP contribution is -2.00. The predicted octanol–water partition coefficient (Wildman–Crippen LogP) is 3.74. The summed E-state index contributed by atoms with van der Waals surface area (Å²) in [5.41, 5.74) is 0. The van der Waals surface area contributed by atoms with Gasteiger partial charge in [-0.3, -0.25) is 4.79 Å². The number of carbonyl (C=O) groups is 1. The number of hydrogen-bond acceptors (Lipinski definition) is 2. The summed E-state index contributed by atoms with van der Waals surface area (Å²) >= 11 is 4.91. The molecule has 2 atom stereocenters. The fraction of sp³-hybridized carbons (Fsp3) is 0.500. The highest BCUT2D eigenvalue weighted by molar-refractivity contribution is 9.11. The van der Waals surface area contributed by atoms with Crippen LogP contribution in [0.25, 0.3) is 0 Å². The van der Waals surface area contributed by atoms with Gasteiger partial charge in [0.05, 0.1) is 8.66 Å². The minimum absolute atomic E-state index is 0.329. The van der Waals surface area contributed by atoms with Crippen molar-refractivity contribution < 1.29 is 4.79 Å². The van der Waals surface area contributed by atoms with Crippen molar-refractivity contribution in [2.45, 2.75) is 19.8 Å². The molecular weight excluding hydrogens is 248 g/mol. The largest absolute Gasteiger partial charge is 0.293 e. The van der Waals surface area contributed by atoms with Gasteiger partial charge in [0.25, 0.3) is 0 Å². The van der Waals surface area contributed by atoms with Gasteiger partial charge in [0.2, 0.25) is 0 Å². The molecule has 0 spiro atoms. The molecule has 0 unspecified atom stereocenters. The van der Waals surface area contributed by atoms with Crippen LogP contribution in [0, 0.1) is 11.8 Å². The summed E-state index contributed by atoms with van der Waals surface area (Å²) in [6.45, 7) is 2.16. The molecule has 1 aliphatic carbocycles. The highest BCUT2D eigenvalue weighted by Crippen LogP contribution is 2.44. The second-order valence-corrected chi connectivity index (χ2v) is 5.94. The van der Waals surface area contributed by atoms with Gasteiger partial charge in [0.15, 0.2) is 5.78 Å². The van der Waals surface area contributed by atoms with Crippen molar-refractivity contribution >= 4 is 33.0 Å². The Balaban J connectivity index is 2.07. The van der Waals surface area contributed by atoms with Gasteiger partial charge in [-0.2, -0.15) is 0 Å². The van der Waals surface area contributed by atoms with Crippen molar-refractivity contribution in [3.8, 4) is 0 Å². The molecule has 1 fully saturated rings. The quantitative estimate of drug-likeness (QED) is 0.756. The molecule has 70 valence electrons. The highest BCUT2D eigenvalue weighted by Gasteiger charge is 2.41. The Labute approximate surface area is 90.3 Å². The molecular formula is C10H11BrOS. The Bertz CT molecular complexity index is 331. The summed E-state index contributed by atoms with van der Waals surface area (Å²) in [6, 6.07) is 3.86. The van der Waals surface area contributed by atoms with E-state index >= 15 is 0 Å². The summed E-state index contributed by atoms with van der Waals surface area (Å²) < 4.78 is 1.05. The molecule has 3 heteroatoms. The Morgan fingerprint density at radius 2 is 2.46 bits per heavy atom. The average Bonchev–Trinajstić information content (AvgIpc) is 2.80. The Morgan fingerprint density at radius 1 is 1.69 bits per heavy atom. The number of Topliss-reactive ketones (excluding diaryl/α,β-unsaturated/α-hetero) is 1. The molecule has 1 aromatic rings. The number of ketones is 1. The molecule has 1 aromatic heterocycles. The Morgan fingerprint density at radius 3 is 2.92 bits per heavy atom. The highest BCUT2D eigenvalue weighted by atomic mass is 79.9. The van der Waals surface area contributed by atoms with Crippen molar-refractivity contribution in [3.05, 3.63) is 20.8 Å². The first-order valence-corrected chi connectivity index (χ1v) is 6.13. The van der Waals surface area contributed by atoms with E-state index in [0.717, 1.165) is 21.5 Å². The number of thiophene rings is 1. The van der Waals surface area contributed by atoms with Gasteiger partial charge in [-0.25, -0.2) is 0 Å². The maximum absolute atomic E-state index is 11.8. The summed E-state index contributed by atoms with van der Waals surface area (Å²) in [7, 11) is 0. The normalized spacial score (nSPS) is 26.0. The van der Waals surface area contributed by atoms with Crippen molar-refractivity contribution in [2.75, 3.05) is 0 Å². The number of halogens is 1. The third kappa shape index (κ3) is 1.86. The van der Waals surface area contributed by atoms with Gasteiger partial charge >= 0.3 is 0 Å². The standard InChI is InChI=1S/C10H11BrOS/c1-2-6-5-7(6)10(12)8-3-4-9(11)13-8/h3-4,6-7H,2,5H2,1H3/t6-,7-/m1/s1. The molecule has 0 saturated heterocycles. The molecule has 0 aliphatic heterocycles. The van der Waals surface area contributed by atoms with E-state index in [4.69, 9.17) is 0 Å². The van der Waals surface area contributed by atoms with Crippen LogP contribution in [0.15, 0.2) is 15.9 Å². The van der Waals surface area contributed by atoms with Crippen molar-refractivity contribution in [1.82, 2.24) is 0 Å². The van der Waals surface area contributed by atoms with Crippen LogP contribution in [-0.2, 0) is 0 Å². The fourth-order valence-electron chi connectivity index (χ4n) is 1.65. The van der Waals surface area contributed by atoms with E-state index in [2.05, 4.69) is 22.9 Å². The molecule has 0 amide bonds. The lowest BCUT2D eigenvalue weighted by molar-refractivity contribution is 0.0965. The third-order valence-electron chi connectivity index (χ3n) is 2.60. The average molecular weight is 259 g/mol. The van der Waals surface area contributed by atoms with Crippen molar-refractivity contribution in [1.29, 1.82) is 0 Å². The van der Waals surface area contributed by atoms with Crippen LogP contribution in [-0.4, -0.2) is 5.78 Å². The SMILES string of the molecule is CC[C@@H]1C[C@H]1C(=O)c1ccc(Br)s1. The first kappa shape index (κ1) is 9.41. The number of hydrogen-bond donors (Lipinski definition) is 0. The van der Waals surface area contributed by atoms with Crippen LogP contribution in [0.4, 0.5) is 0 Å². The van der Waals surface area contributed by atoms with Crippen LogP contribution in [0.1, 0.15) is 29.4 Å². The molecule has 0 aromatic carbocycles. The zero-order valence-corrected chi connectivity index (χ0v) is 9.82. The second kappa shape index (κ2) is 3.54. The topological polar surface area (TPSA) is 17.1 Å². The van der Waals surface area contributed by atoms with Gasteiger partial charge in [-0.05, 0) is 40.4 Å². The van der Waals surface area contributed by atoms with E-state index in [1.165, 1.54) is 0 Å². The summed E-state index contributed by atoms with van der Waals surface area (Å²) in [4.78, 5) is 12.7. The van der Waals surface area contributed by atoms with E-state index in [-0.39, 0.29) is 0 Å². The first-order chi connectivity index (χ1) is 6.22. The Kier molecular flexibility index (Phi) is 2.56. The maximum atomic E-state index is 11.8. The molecule has 1 saturated carbocycles. The third-order valence-corrected chi connectivity index (χ3v) is 4.24. The lowest BCUT2D eigenvalue weighted by atomic mass is 10.1. The number of rotatable bonds is 3. The molecule has 0 bridgehead atoms. The minimum atomic E-state index is 0.329. The van der Waals surface area contributed by atoms with Gasteiger partial charge in [0.1, 0.15) is 0 Å². The molecule has 1 heterocycles. The molecule has 1 nitrogen and oxygen atoms in total. The van der Waals surface area contributed by atoms with Gasteiger partial charge in [-0.15, -0.1) is 11.3 Å². The monoisotopic (exact) mass is 258 g/mol. The van der Waals surface area contributed by atoms with Gasteiger partial charge in [-0.1, -0.05) is 13.3 Å². The van der Waals surface area contributed by atoms with Gasteiger partial charge < -0.3 is 0 Å². The van der Waals surface area contributed by atoms with E-state index in [9.17, 15) is 4.79 Å². The smallest absolute Gasteiger partial charge is 0.176 e. The summed E-state index contributed by atoms with van der Waals surface area (Å²) in [6.07, 6.45) is 2.24. The molecule has 2 rings (SSSR count). The van der Waals surface area contributed by atoms with E-state index in [1.807, 2.05) is 12.1 Å². The molecule has 13 heavy (non-hydrogen) atoms. The van der Waals surface area contributed by atoms with E-state index in [1.54, 1.807) is 11.3 Å². The van der Waals surface area contributed by atoms with Crippen molar-refractivity contribution in [3.63, 3.8) is 0 Å². The summed E-state index contributed by atoms with van der Waals surface area (Å²) in [5.74, 6) is 1.34. The molecule has 1 aliphatic rings. The van der Waals surface area contributed by atoms with Crippen LogP contribution in [0.5, 0.6) is 0 Å². The second-order valence-electron chi connectivity index (χ2n) is 3.48. The fourth-order valence-corrected chi connectivity index (χ4v) is 3.04. The zero-order valence-electron chi connectivity index (χ0n) is 7.42. The van der Waals surface area contributed by atoms with Crippen LogP contribution >= 0.6 is 27.3 Å². The Hall–Kier alpha value is -0.150. The van der Waals surface area contributed by atoms with E-state index in [0.29, 0.717) is 17.6 Å². The number of carbonyl (C=O) groups excluding carboxylic acids is 1. The summed E-state index contributed by atoms with van der Waals surface area (Å²) in [5, 5.41) is 0. The van der Waals surface area contributed by atoms with Crippen LogP contribution in [0.2, 0.25) is 0 Å². The molecule has 0 N–H and O–H groups in total. The predicted molar refractivity (Wildman–Crippen MR) is 58.2 cm³/mol. The van der Waals surface area contributed by atoms with Gasteiger partial charge in [0, 0.05) is 5.92 Å².